The van der Waals surface area contributed by atoms with Crippen LogP contribution < -0.4 is 0 Å². The van der Waals surface area contributed by atoms with Crippen molar-refractivity contribution in [3.63, 3.8) is 0 Å². The largest absolute Gasteiger partial charge is 0.293 e. The van der Waals surface area contributed by atoms with Crippen LogP contribution in [0, 0.1) is 11.3 Å². The van der Waals surface area contributed by atoms with E-state index in [9.17, 15) is 4.79 Å². The molecule has 1 aliphatic carbocycles. The van der Waals surface area contributed by atoms with E-state index in [1.165, 1.54) is 0 Å². The molecule has 19 heavy (non-hydrogen) atoms. The van der Waals surface area contributed by atoms with Gasteiger partial charge in [0.15, 0.2) is 5.78 Å². The first-order chi connectivity index (χ1) is 9.11. The fourth-order valence-corrected chi connectivity index (χ4v) is 2.40. The lowest BCUT2D eigenvalue weighted by molar-refractivity contribution is 0.0926. The predicted octanol–water partition coefficient (Wildman–Crippen LogP) is 3.55. The van der Waals surface area contributed by atoms with Crippen molar-refractivity contribution in [3.05, 3.63) is 33.8 Å². The molecule has 1 aliphatic rings. The third kappa shape index (κ3) is 3.94. The van der Waals surface area contributed by atoms with Crippen LogP contribution >= 0.6 is 23.2 Å². The van der Waals surface area contributed by atoms with Crippen LogP contribution in [0.3, 0.4) is 0 Å². The lowest BCUT2D eigenvalue weighted by Gasteiger charge is -2.19. The Kier molecular flexibility index (Phi) is 4.81. The molecule has 1 aromatic carbocycles. The number of nitrogens with zero attached hydrogens (tertiary/aromatic N) is 2. The van der Waals surface area contributed by atoms with E-state index < -0.39 is 0 Å². The number of ketones is 1. The Morgan fingerprint density at radius 1 is 1.42 bits per heavy atom. The van der Waals surface area contributed by atoms with Crippen LogP contribution in [0.4, 0.5) is 0 Å². The monoisotopic (exact) mass is 296 g/mol. The number of Topliss-reactive ketones (excluding diaryl/α,β-unsaturated/α-hetero) is 1. The number of rotatable bonds is 6. The summed E-state index contributed by atoms with van der Waals surface area (Å²) in [4.78, 5) is 14.3. The Balaban J connectivity index is 2.06. The topological polar surface area (TPSA) is 44.1 Å². The van der Waals surface area contributed by atoms with Crippen molar-refractivity contribution in [2.24, 2.45) is 0 Å². The number of carbonyl (C=O) groups excluding carboxylic acids is 1. The molecule has 0 atom stereocenters. The quantitative estimate of drug-likeness (QED) is 0.754. The molecule has 0 bridgehead atoms. The highest BCUT2D eigenvalue weighted by atomic mass is 35.5. The van der Waals surface area contributed by atoms with Crippen LogP contribution in [0.5, 0.6) is 0 Å². The minimum absolute atomic E-state index is 0.0441. The third-order valence-electron chi connectivity index (χ3n) is 3.15. The summed E-state index contributed by atoms with van der Waals surface area (Å²) in [6.07, 6.45) is 2.64. The van der Waals surface area contributed by atoms with Crippen LogP contribution in [0.1, 0.15) is 29.6 Å². The molecule has 0 saturated heterocycles. The van der Waals surface area contributed by atoms with Crippen molar-refractivity contribution in [1.82, 2.24) is 4.90 Å². The summed E-state index contributed by atoms with van der Waals surface area (Å²) in [6, 6.07) is 7.45. The van der Waals surface area contributed by atoms with E-state index in [2.05, 4.69) is 11.0 Å². The molecule has 1 aromatic rings. The molecule has 5 heteroatoms. The number of nitriles is 1. The van der Waals surface area contributed by atoms with Crippen molar-refractivity contribution >= 4 is 29.0 Å². The Hall–Kier alpha value is -1.08. The first-order valence-corrected chi connectivity index (χ1v) is 6.96. The van der Waals surface area contributed by atoms with Crippen LogP contribution in [0.15, 0.2) is 18.2 Å². The maximum Gasteiger partial charge on any atom is 0.178 e. The molecule has 0 N–H and O–H groups in total. The van der Waals surface area contributed by atoms with Crippen LogP contribution in [-0.2, 0) is 0 Å². The van der Waals surface area contributed by atoms with Crippen molar-refractivity contribution in [2.75, 3.05) is 13.1 Å². The first kappa shape index (κ1) is 14.3. The summed E-state index contributed by atoms with van der Waals surface area (Å²) in [6.45, 7) is 0.928. The molecule has 0 spiro atoms. The number of hydrogen-bond acceptors (Lipinski definition) is 3. The molecule has 0 amide bonds. The molecule has 0 heterocycles. The van der Waals surface area contributed by atoms with E-state index >= 15 is 0 Å². The third-order valence-corrected chi connectivity index (χ3v) is 3.71. The second-order valence-electron chi connectivity index (χ2n) is 4.66. The molecule has 3 nitrogen and oxygen atoms in total. The predicted molar refractivity (Wildman–Crippen MR) is 75.6 cm³/mol. The van der Waals surface area contributed by atoms with Gasteiger partial charge in [-0.1, -0.05) is 23.2 Å². The van der Waals surface area contributed by atoms with Gasteiger partial charge in [-0.25, -0.2) is 0 Å². The molecular weight excluding hydrogens is 283 g/mol. The zero-order valence-electron chi connectivity index (χ0n) is 10.4. The summed E-state index contributed by atoms with van der Waals surface area (Å²) in [7, 11) is 0. The molecule has 0 aromatic heterocycles. The minimum Gasteiger partial charge on any atom is -0.293 e. The van der Waals surface area contributed by atoms with Gasteiger partial charge < -0.3 is 0 Å². The zero-order valence-corrected chi connectivity index (χ0v) is 11.9. The zero-order chi connectivity index (χ0) is 13.8. The highest BCUT2D eigenvalue weighted by Gasteiger charge is 2.30. The number of hydrogen-bond donors (Lipinski definition) is 0. The summed E-state index contributed by atoms with van der Waals surface area (Å²) < 4.78 is 0. The Labute approximate surface area is 122 Å². The molecule has 1 fully saturated rings. The lowest BCUT2D eigenvalue weighted by Crippen LogP contribution is -2.32. The van der Waals surface area contributed by atoms with E-state index in [0.29, 0.717) is 41.2 Å². The van der Waals surface area contributed by atoms with Gasteiger partial charge in [-0.2, -0.15) is 5.26 Å². The van der Waals surface area contributed by atoms with Crippen LogP contribution in [0.25, 0.3) is 0 Å². The number of benzene rings is 1. The van der Waals surface area contributed by atoms with Crippen molar-refractivity contribution in [3.8, 4) is 6.07 Å². The second-order valence-corrected chi connectivity index (χ2v) is 5.50. The molecule has 0 unspecified atom stereocenters. The fraction of sp³-hybridized carbons (Fsp3) is 0.429. The SMILES string of the molecule is N#CCCN(CC(=O)c1cc(Cl)ccc1Cl)C1CC1. The highest BCUT2D eigenvalue weighted by Crippen LogP contribution is 2.28. The Morgan fingerprint density at radius 3 is 2.79 bits per heavy atom. The van der Waals surface area contributed by atoms with Gasteiger partial charge in [-0.05, 0) is 31.0 Å². The van der Waals surface area contributed by atoms with Gasteiger partial charge in [-0.3, -0.25) is 9.69 Å². The Morgan fingerprint density at radius 2 is 2.16 bits per heavy atom. The van der Waals surface area contributed by atoms with Crippen LogP contribution in [0.2, 0.25) is 10.0 Å². The summed E-state index contributed by atoms with van der Waals surface area (Å²) in [5.74, 6) is -0.0441. The van der Waals surface area contributed by atoms with E-state index in [4.69, 9.17) is 28.5 Å². The van der Waals surface area contributed by atoms with Crippen molar-refractivity contribution in [2.45, 2.75) is 25.3 Å². The average molecular weight is 297 g/mol. The fourth-order valence-electron chi connectivity index (χ4n) is 2.00. The van der Waals surface area contributed by atoms with Gasteiger partial charge in [0.05, 0.1) is 17.6 Å². The van der Waals surface area contributed by atoms with E-state index in [1.807, 2.05) is 0 Å². The van der Waals surface area contributed by atoms with Gasteiger partial charge in [0, 0.05) is 29.6 Å². The van der Waals surface area contributed by atoms with Gasteiger partial charge in [0.1, 0.15) is 0 Å². The smallest absolute Gasteiger partial charge is 0.178 e. The van der Waals surface area contributed by atoms with E-state index in [0.717, 1.165) is 12.8 Å². The lowest BCUT2D eigenvalue weighted by atomic mass is 10.1. The Bertz CT molecular complexity index is 521. The molecule has 0 aliphatic heterocycles. The summed E-state index contributed by atoms with van der Waals surface area (Å²) in [5.41, 5.74) is 0.455. The van der Waals surface area contributed by atoms with Crippen LogP contribution in [-0.4, -0.2) is 29.8 Å². The maximum absolute atomic E-state index is 12.3. The van der Waals surface area contributed by atoms with E-state index in [-0.39, 0.29) is 5.78 Å². The van der Waals surface area contributed by atoms with Gasteiger partial charge in [-0.15, -0.1) is 0 Å². The summed E-state index contributed by atoms with van der Waals surface area (Å²) in [5, 5.41) is 9.57. The summed E-state index contributed by atoms with van der Waals surface area (Å²) >= 11 is 11.9. The highest BCUT2D eigenvalue weighted by molar-refractivity contribution is 6.36. The standard InChI is InChI=1S/C14H14Cl2N2O/c15-10-2-5-13(16)12(8-10)14(19)9-18(7-1-6-17)11-3-4-11/h2,5,8,11H,1,3-4,7,9H2. The molecule has 0 radical (unpaired) electrons. The van der Waals surface area contributed by atoms with Crippen molar-refractivity contribution in [1.29, 1.82) is 5.26 Å². The average Bonchev–Trinajstić information content (AvgIpc) is 3.21. The normalized spacial score (nSPS) is 14.4. The first-order valence-electron chi connectivity index (χ1n) is 6.21. The second kappa shape index (κ2) is 6.38. The number of carbonyl (C=O) groups is 1. The molecule has 2 rings (SSSR count). The van der Waals surface area contributed by atoms with Gasteiger partial charge in [0.2, 0.25) is 0 Å². The van der Waals surface area contributed by atoms with Crippen molar-refractivity contribution < 1.29 is 4.79 Å². The van der Waals surface area contributed by atoms with E-state index in [1.54, 1.807) is 18.2 Å². The van der Waals surface area contributed by atoms with Gasteiger partial charge >= 0.3 is 0 Å². The minimum atomic E-state index is -0.0441. The molecular formula is C14H14Cl2N2O. The van der Waals surface area contributed by atoms with Gasteiger partial charge in [0.25, 0.3) is 0 Å². The number of halogens is 2. The molecule has 100 valence electrons. The molecule has 1 saturated carbocycles. The maximum atomic E-state index is 12.3.